The Morgan fingerprint density at radius 1 is 1.43 bits per heavy atom. The SMILES string of the molecule is CC(C)(O)CN1CCN(C(=O)c2cc(F)cnc2N)CC1. The zero-order valence-corrected chi connectivity index (χ0v) is 12.3. The molecule has 0 unspecified atom stereocenters. The zero-order valence-electron chi connectivity index (χ0n) is 12.3. The highest BCUT2D eigenvalue weighted by atomic mass is 19.1. The maximum absolute atomic E-state index is 13.2. The van der Waals surface area contributed by atoms with Gasteiger partial charge in [-0.3, -0.25) is 9.69 Å². The summed E-state index contributed by atoms with van der Waals surface area (Å²) in [6.07, 6.45) is 0.993. The summed E-state index contributed by atoms with van der Waals surface area (Å²) in [6.45, 7) is 6.43. The molecule has 1 aromatic rings. The molecule has 0 spiro atoms. The molecular weight excluding hydrogens is 275 g/mol. The van der Waals surface area contributed by atoms with Crippen molar-refractivity contribution in [1.29, 1.82) is 0 Å². The number of aliphatic hydroxyl groups is 1. The molecule has 1 fully saturated rings. The molecule has 1 aromatic heterocycles. The lowest BCUT2D eigenvalue weighted by atomic mass is 10.1. The number of carbonyl (C=O) groups excluding carboxylic acids is 1. The van der Waals surface area contributed by atoms with E-state index in [0.29, 0.717) is 32.7 Å². The molecule has 7 heteroatoms. The third-order valence-corrected chi connectivity index (χ3v) is 3.39. The molecule has 0 aromatic carbocycles. The van der Waals surface area contributed by atoms with Crippen LogP contribution >= 0.6 is 0 Å². The molecule has 2 rings (SSSR count). The van der Waals surface area contributed by atoms with Crippen LogP contribution in [0.15, 0.2) is 12.3 Å². The van der Waals surface area contributed by atoms with E-state index in [-0.39, 0.29) is 17.3 Å². The van der Waals surface area contributed by atoms with Crippen LogP contribution < -0.4 is 5.73 Å². The van der Waals surface area contributed by atoms with Gasteiger partial charge in [0.25, 0.3) is 5.91 Å². The Morgan fingerprint density at radius 3 is 2.62 bits per heavy atom. The zero-order chi connectivity index (χ0) is 15.6. The number of piperazine rings is 1. The lowest BCUT2D eigenvalue weighted by Crippen LogP contribution is -2.52. The molecule has 2 heterocycles. The van der Waals surface area contributed by atoms with E-state index in [1.54, 1.807) is 18.7 Å². The number of anilines is 1. The molecule has 3 N–H and O–H groups in total. The minimum atomic E-state index is -0.761. The smallest absolute Gasteiger partial charge is 0.257 e. The Labute approximate surface area is 123 Å². The second-order valence-corrected chi connectivity index (χ2v) is 5.97. The summed E-state index contributed by atoms with van der Waals surface area (Å²) >= 11 is 0. The predicted molar refractivity (Wildman–Crippen MR) is 77.2 cm³/mol. The number of nitrogen functional groups attached to an aromatic ring is 1. The Bertz CT molecular complexity index is 522. The minimum Gasteiger partial charge on any atom is -0.389 e. The monoisotopic (exact) mass is 296 g/mol. The van der Waals surface area contributed by atoms with Crippen molar-refractivity contribution in [3.05, 3.63) is 23.6 Å². The van der Waals surface area contributed by atoms with Crippen molar-refractivity contribution in [3.8, 4) is 0 Å². The number of halogens is 1. The van der Waals surface area contributed by atoms with Gasteiger partial charge in [0.15, 0.2) is 0 Å². The number of rotatable bonds is 3. The third kappa shape index (κ3) is 4.12. The van der Waals surface area contributed by atoms with Gasteiger partial charge in [-0.25, -0.2) is 9.37 Å². The van der Waals surface area contributed by atoms with Crippen LogP contribution in [-0.4, -0.2) is 64.1 Å². The highest BCUT2D eigenvalue weighted by Gasteiger charge is 2.26. The van der Waals surface area contributed by atoms with E-state index in [1.165, 1.54) is 0 Å². The fraction of sp³-hybridized carbons (Fsp3) is 0.571. The van der Waals surface area contributed by atoms with Crippen molar-refractivity contribution in [1.82, 2.24) is 14.8 Å². The van der Waals surface area contributed by atoms with E-state index in [2.05, 4.69) is 9.88 Å². The highest BCUT2D eigenvalue weighted by molar-refractivity contribution is 5.98. The number of nitrogens with zero attached hydrogens (tertiary/aromatic N) is 3. The molecule has 1 amide bonds. The number of pyridine rings is 1. The van der Waals surface area contributed by atoms with Crippen molar-refractivity contribution >= 4 is 11.7 Å². The summed E-state index contributed by atoms with van der Waals surface area (Å²) in [6, 6.07) is 1.12. The Balaban J connectivity index is 1.99. The Kier molecular flexibility index (Phi) is 4.43. The van der Waals surface area contributed by atoms with Gasteiger partial charge in [0.2, 0.25) is 0 Å². The van der Waals surface area contributed by atoms with Crippen LogP contribution in [0.2, 0.25) is 0 Å². The molecule has 1 aliphatic rings. The van der Waals surface area contributed by atoms with Crippen LogP contribution in [0.1, 0.15) is 24.2 Å². The molecule has 116 valence electrons. The third-order valence-electron chi connectivity index (χ3n) is 3.39. The summed E-state index contributed by atoms with van der Waals surface area (Å²) in [7, 11) is 0. The van der Waals surface area contributed by atoms with E-state index in [4.69, 9.17) is 5.73 Å². The number of nitrogens with two attached hydrogens (primary N) is 1. The van der Waals surface area contributed by atoms with E-state index in [1.807, 2.05) is 0 Å². The van der Waals surface area contributed by atoms with Gasteiger partial charge >= 0.3 is 0 Å². The summed E-state index contributed by atoms with van der Waals surface area (Å²) < 4.78 is 13.2. The Morgan fingerprint density at radius 2 is 2.05 bits per heavy atom. The van der Waals surface area contributed by atoms with Crippen molar-refractivity contribution in [2.75, 3.05) is 38.5 Å². The summed E-state index contributed by atoms with van der Waals surface area (Å²) in [5.74, 6) is -0.837. The first-order valence-corrected chi connectivity index (χ1v) is 6.91. The number of hydrogen-bond acceptors (Lipinski definition) is 5. The fourth-order valence-corrected chi connectivity index (χ4v) is 2.45. The van der Waals surface area contributed by atoms with Crippen molar-refractivity contribution in [2.45, 2.75) is 19.4 Å². The lowest BCUT2D eigenvalue weighted by molar-refractivity contribution is 0.0178. The molecule has 0 aliphatic carbocycles. The van der Waals surface area contributed by atoms with Crippen LogP contribution in [0, 0.1) is 5.82 Å². The molecule has 1 aliphatic heterocycles. The van der Waals surface area contributed by atoms with Crippen molar-refractivity contribution in [2.24, 2.45) is 0 Å². The van der Waals surface area contributed by atoms with E-state index >= 15 is 0 Å². The largest absolute Gasteiger partial charge is 0.389 e. The summed E-state index contributed by atoms with van der Waals surface area (Å²) in [5, 5.41) is 9.80. The molecular formula is C14H21FN4O2. The van der Waals surface area contributed by atoms with Gasteiger partial charge in [-0.1, -0.05) is 0 Å². The number of β-amino-alcohol motifs (C(OH)–C–C–N with tert-alkyl or cyclic N) is 1. The quantitative estimate of drug-likeness (QED) is 0.840. The first-order valence-electron chi connectivity index (χ1n) is 6.91. The fourth-order valence-electron chi connectivity index (χ4n) is 2.45. The van der Waals surface area contributed by atoms with E-state index < -0.39 is 11.4 Å². The summed E-state index contributed by atoms with van der Waals surface area (Å²) in [5.41, 5.74) is 4.98. The molecule has 0 radical (unpaired) electrons. The molecule has 21 heavy (non-hydrogen) atoms. The maximum atomic E-state index is 13.2. The van der Waals surface area contributed by atoms with Gasteiger partial charge in [0.1, 0.15) is 11.6 Å². The number of aromatic nitrogens is 1. The predicted octanol–water partition coefficient (Wildman–Crippen LogP) is 0.332. The first-order chi connectivity index (χ1) is 9.76. The second kappa shape index (κ2) is 5.95. The standard InChI is InChI=1S/C14H21FN4O2/c1-14(2,21)9-18-3-5-19(6-4-18)13(20)11-7-10(15)8-17-12(11)16/h7-8,21H,3-6,9H2,1-2H3,(H2,16,17). The van der Waals surface area contributed by atoms with Gasteiger partial charge in [-0.05, 0) is 19.9 Å². The van der Waals surface area contributed by atoms with Crippen LogP contribution in [0.4, 0.5) is 10.2 Å². The molecule has 1 saturated heterocycles. The Hall–Kier alpha value is -1.73. The number of amides is 1. The normalized spacial score (nSPS) is 17.0. The minimum absolute atomic E-state index is 0.0420. The van der Waals surface area contributed by atoms with Gasteiger partial charge in [-0.2, -0.15) is 0 Å². The number of carbonyl (C=O) groups is 1. The topological polar surface area (TPSA) is 82.7 Å². The molecule has 0 atom stereocenters. The van der Waals surface area contributed by atoms with E-state index in [0.717, 1.165) is 12.3 Å². The molecule has 0 bridgehead atoms. The van der Waals surface area contributed by atoms with Gasteiger partial charge in [0, 0.05) is 32.7 Å². The van der Waals surface area contributed by atoms with E-state index in [9.17, 15) is 14.3 Å². The average molecular weight is 296 g/mol. The van der Waals surface area contributed by atoms with Gasteiger partial charge in [0.05, 0.1) is 17.4 Å². The van der Waals surface area contributed by atoms with Crippen molar-refractivity contribution in [3.63, 3.8) is 0 Å². The molecule has 0 saturated carbocycles. The van der Waals surface area contributed by atoms with Gasteiger partial charge < -0.3 is 15.7 Å². The maximum Gasteiger partial charge on any atom is 0.257 e. The highest BCUT2D eigenvalue weighted by Crippen LogP contribution is 2.15. The van der Waals surface area contributed by atoms with Crippen LogP contribution in [0.3, 0.4) is 0 Å². The average Bonchev–Trinajstić information content (AvgIpc) is 2.40. The first kappa shape index (κ1) is 15.7. The second-order valence-electron chi connectivity index (χ2n) is 5.97. The van der Waals surface area contributed by atoms with Crippen LogP contribution in [-0.2, 0) is 0 Å². The number of hydrogen-bond donors (Lipinski definition) is 2. The summed E-state index contributed by atoms with van der Waals surface area (Å²) in [4.78, 5) is 19.7. The van der Waals surface area contributed by atoms with Crippen LogP contribution in [0.25, 0.3) is 0 Å². The lowest BCUT2D eigenvalue weighted by Gasteiger charge is -2.37. The van der Waals surface area contributed by atoms with Gasteiger partial charge in [-0.15, -0.1) is 0 Å². The van der Waals surface area contributed by atoms with Crippen LogP contribution in [0.5, 0.6) is 0 Å². The van der Waals surface area contributed by atoms with Crippen molar-refractivity contribution < 1.29 is 14.3 Å². The molecule has 6 nitrogen and oxygen atoms in total.